The number of hydrogen-bond donors (Lipinski definition) is 1. The molecular weight excluding hydrogens is 305 g/mol. The molecule has 0 unspecified atom stereocenters. The van der Waals surface area contributed by atoms with Gasteiger partial charge in [-0.05, 0) is 47.1 Å². The van der Waals surface area contributed by atoms with Crippen molar-refractivity contribution in [1.82, 2.24) is 0 Å². The molecule has 1 heterocycles. The zero-order chi connectivity index (χ0) is 12.6. The molecule has 17 heavy (non-hydrogen) atoms. The molecule has 0 aliphatic carbocycles. The summed E-state index contributed by atoms with van der Waals surface area (Å²) in [5.41, 5.74) is 5.80. The quantitative estimate of drug-likeness (QED) is 0.677. The van der Waals surface area contributed by atoms with Gasteiger partial charge in [-0.2, -0.15) is 0 Å². The van der Waals surface area contributed by atoms with Gasteiger partial charge in [-0.3, -0.25) is 4.79 Å². The van der Waals surface area contributed by atoms with Crippen molar-refractivity contribution in [2.75, 3.05) is 5.73 Å². The van der Waals surface area contributed by atoms with E-state index in [-0.39, 0.29) is 11.3 Å². The Morgan fingerprint density at radius 2 is 2.12 bits per heavy atom. The highest BCUT2D eigenvalue weighted by Gasteiger charge is 2.17. The number of rotatable bonds is 2. The van der Waals surface area contributed by atoms with Crippen LogP contribution in [0.15, 0.2) is 28.7 Å². The Kier molecular flexibility index (Phi) is 3.31. The molecule has 2 rings (SSSR count). The molecule has 0 fully saturated rings. The van der Waals surface area contributed by atoms with Crippen molar-refractivity contribution >= 4 is 38.7 Å². The number of carbonyl (C=O) groups is 1. The number of anilines is 1. The second-order valence-electron chi connectivity index (χ2n) is 3.58. The van der Waals surface area contributed by atoms with Gasteiger partial charge in [0.15, 0.2) is 0 Å². The summed E-state index contributed by atoms with van der Waals surface area (Å²) in [6, 6.07) is 5.79. The summed E-state index contributed by atoms with van der Waals surface area (Å²) < 4.78 is 14.4. The van der Waals surface area contributed by atoms with Gasteiger partial charge in [0.2, 0.25) is 5.78 Å². The van der Waals surface area contributed by atoms with E-state index in [4.69, 9.17) is 5.73 Å². The van der Waals surface area contributed by atoms with Gasteiger partial charge in [-0.25, -0.2) is 4.39 Å². The van der Waals surface area contributed by atoms with Crippen molar-refractivity contribution in [1.29, 1.82) is 0 Å². The van der Waals surface area contributed by atoms with E-state index in [2.05, 4.69) is 15.9 Å². The topological polar surface area (TPSA) is 43.1 Å². The molecule has 0 saturated carbocycles. The highest BCUT2D eigenvalue weighted by molar-refractivity contribution is 9.10. The normalized spacial score (nSPS) is 10.5. The molecule has 0 atom stereocenters. The van der Waals surface area contributed by atoms with Gasteiger partial charge < -0.3 is 5.73 Å². The molecule has 0 spiro atoms. The minimum absolute atomic E-state index is 0.0490. The fraction of sp³-hybridized carbons (Fsp3) is 0.0833. The second-order valence-corrected chi connectivity index (χ2v) is 5.69. The smallest absolute Gasteiger partial charge is 0.205 e. The van der Waals surface area contributed by atoms with E-state index in [9.17, 15) is 9.18 Å². The maximum atomic E-state index is 13.6. The molecule has 0 radical (unpaired) electrons. The summed E-state index contributed by atoms with van der Waals surface area (Å²) >= 11 is 4.67. The zero-order valence-corrected chi connectivity index (χ0v) is 11.4. The van der Waals surface area contributed by atoms with Crippen LogP contribution in [0.5, 0.6) is 0 Å². The van der Waals surface area contributed by atoms with Crippen molar-refractivity contribution in [3.05, 3.63) is 49.9 Å². The lowest BCUT2D eigenvalue weighted by atomic mass is 10.1. The first-order valence-electron chi connectivity index (χ1n) is 4.84. The van der Waals surface area contributed by atoms with Gasteiger partial charge in [0.05, 0.1) is 10.4 Å². The van der Waals surface area contributed by atoms with Gasteiger partial charge >= 0.3 is 0 Å². The second kappa shape index (κ2) is 4.58. The first kappa shape index (κ1) is 12.3. The average Bonchev–Trinajstić information content (AvgIpc) is 2.58. The third-order valence-corrected chi connectivity index (χ3v) is 4.45. The summed E-state index contributed by atoms with van der Waals surface area (Å²) in [5, 5.41) is 0. The minimum atomic E-state index is -0.586. The minimum Gasteiger partial charge on any atom is -0.399 e. The zero-order valence-electron chi connectivity index (χ0n) is 8.96. The predicted molar refractivity (Wildman–Crippen MR) is 71.0 cm³/mol. The van der Waals surface area contributed by atoms with Crippen LogP contribution in [0.1, 0.15) is 20.1 Å². The van der Waals surface area contributed by atoms with E-state index < -0.39 is 5.82 Å². The van der Waals surface area contributed by atoms with Crippen LogP contribution in [-0.2, 0) is 0 Å². The van der Waals surface area contributed by atoms with Gasteiger partial charge in [0, 0.05) is 15.0 Å². The Hall–Kier alpha value is -1.20. The van der Waals surface area contributed by atoms with E-state index in [0.717, 1.165) is 15.4 Å². The number of nitrogens with two attached hydrogens (primary N) is 1. The van der Waals surface area contributed by atoms with Crippen molar-refractivity contribution in [2.24, 2.45) is 0 Å². The molecular formula is C12H9BrFNOS. The number of halogens is 2. The molecule has 2 aromatic rings. The van der Waals surface area contributed by atoms with Crippen LogP contribution >= 0.6 is 27.3 Å². The third kappa shape index (κ3) is 2.40. The van der Waals surface area contributed by atoms with Crippen molar-refractivity contribution < 1.29 is 9.18 Å². The SMILES string of the molecule is Cc1sc(C(=O)c2ccc(N)cc2F)cc1Br. The molecule has 0 saturated heterocycles. The van der Waals surface area contributed by atoms with Crippen LogP contribution in [0.2, 0.25) is 0 Å². The van der Waals surface area contributed by atoms with Gasteiger partial charge in [-0.1, -0.05) is 0 Å². The van der Waals surface area contributed by atoms with Crippen molar-refractivity contribution in [3.63, 3.8) is 0 Å². The van der Waals surface area contributed by atoms with E-state index in [1.54, 1.807) is 6.07 Å². The van der Waals surface area contributed by atoms with Crippen LogP contribution in [0.3, 0.4) is 0 Å². The lowest BCUT2D eigenvalue weighted by Crippen LogP contribution is -2.02. The van der Waals surface area contributed by atoms with Crippen LogP contribution in [0.4, 0.5) is 10.1 Å². The largest absolute Gasteiger partial charge is 0.399 e. The highest BCUT2D eigenvalue weighted by Crippen LogP contribution is 2.28. The van der Waals surface area contributed by atoms with Gasteiger partial charge in [0.25, 0.3) is 0 Å². The number of hydrogen-bond acceptors (Lipinski definition) is 3. The summed E-state index contributed by atoms with van der Waals surface area (Å²) in [4.78, 5) is 13.6. The Labute approximate surface area is 110 Å². The van der Waals surface area contributed by atoms with Crippen LogP contribution < -0.4 is 5.73 Å². The average molecular weight is 314 g/mol. The monoisotopic (exact) mass is 313 g/mol. The van der Waals surface area contributed by atoms with E-state index in [1.165, 1.54) is 23.5 Å². The summed E-state index contributed by atoms with van der Waals surface area (Å²) in [5.74, 6) is -0.904. The van der Waals surface area contributed by atoms with Crippen LogP contribution in [0.25, 0.3) is 0 Å². The first-order chi connectivity index (χ1) is 7.99. The number of thiophene rings is 1. The number of aryl methyl sites for hydroxylation is 1. The van der Waals surface area contributed by atoms with E-state index in [0.29, 0.717) is 10.6 Å². The molecule has 0 aliphatic heterocycles. The van der Waals surface area contributed by atoms with E-state index in [1.807, 2.05) is 6.92 Å². The van der Waals surface area contributed by atoms with E-state index >= 15 is 0 Å². The number of benzene rings is 1. The Balaban J connectivity index is 2.43. The van der Waals surface area contributed by atoms with Gasteiger partial charge in [0.1, 0.15) is 5.82 Å². The Morgan fingerprint density at radius 3 is 2.65 bits per heavy atom. The highest BCUT2D eigenvalue weighted by atomic mass is 79.9. The molecule has 0 aliphatic rings. The molecule has 2 nitrogen and oxygen atoms in total. The summed E-state index contributed by atoms with van der Waals surface area (Å²) in [6.45, 7) is 1.89. The number of ketones is 1. The standard InChI is InChI=1S/C12H9BrFNOS/c1-6-9(13)5-11(17-6)12(16)8-3-2-7(15)4-10(8)14/h2-5H,15H2,1H3. The molecule has 2 N–H and O–H groups in total. The lowest BCUT2D eigenvalue weighted by Gasteiger charge is -2.01. The maximum Gasteiger partial charge on any atom is 0.205 e. The molecule has 1 aromatic carbocycles. The lowest BCUT2D eigenvalue weighted by molar-refractivity contribution is 0.103. The maximum absolute atomic E-state index is 13.6. The fourth-order valence-electron chi connectivity index (χ4n) is 1.42. The van der Waals surface area contributed by atoms with Crippen molar-refractivity contribution in [3.8, 4) is 0 Å². The Bertz CT molecular complexity index is 575. The molecule has 0 amide bonds. The first-order valence-corrected chi connectivity index (χ1v) is 6.45. The molecule has 88 valence electrons. The predicted octanol–water partition coefficient (Wildman–Crippen LogP) is 3.77. The molecule has 1 aromatic heterocycles. The Morgan fingerprint density at radius 1 is 1.41 bits per heavy atom. The van der Waals surface area contributed by atoms with Crippen LogP contribution in [0, 0.1) is 12.7 Å². The van der Waals surface area contributed by atoms with Gasteiger partial charge in [-0.15, -0.1) is 11.3 Å². The summed E-state index contributed by atoms with van der Waals surface area (Å²) in [6.07, 6.45) is 0. The molecule has 5 heteroatoms. The fourth-order valence-corrected chi connectivity index (χ4v) is 2.91. The number of carbonyl (C=O) groups excluding carboxylic acids is 1. The number of nitrogen functional groups attached to an aromatic ring is 1. The summed E-state index contributed by atoms with van der Waals surface area (Å²) in [7, 11) is 0. The third-order valence-electron chi connectivity index (χ3n) is 2.32. The molecule has 0 bridgehead atoms. The van der Waals surface area contributed by atoms with Crippen LogP contribution in [-0.4, -0.2) is 5.78 Å². The van der Waals surface area contributed by atoms with Crippen molar-refractivity contribution in [2.45, 2.75) is 6.92 Å².